The first-order valence-electron chi connectivity index (χ1n) is 8.38. The van der Waals surface area contributed by atoms with E-state index in [-0.39, 0.29) is 11.4 Å². The van der Waals surface area contributed by atoms with Crippen molar-refractivity contribution in [2.45, 2.75) is 44.1 Å². The lowest BCUT2D eigenvalue weighted by Gasteiger charge is -2.43. The summed E-state index contributed by atoms with van der Waals surface area (Å²) in [6.07, 6.45) is 7.27. The molecule has 0 bridgehead atoms. The Balaban J connectivity index is 1.96. The van der Waals surface area contributed by atoms with Crippen LogP contribution in [0, 0.1) is 0 Å². The van der Waals surface area contributed by atoms with E-state index in [0.29, 0.717) is 23.5 Å². The number of carbonyl (C=O) groups is 1. The molecule has 3 N–H and O–H groups in total. The molecule has 1 fully saturated rings. The quantitative estimate of drug-likeness (QED) is 0.791. The Bertz CT molecular complexity index is 537. The van der Waals surface area contributed by atoms with Crippen molar-refractivity contribution in [1.82, 2.24) is 10.2 Å². The van der Waals surface area contributed by atoms with E-state index in [9.17, 15) is 4.79 Å². The number of nitrogens with two attached hydrogens (primary N) is 1. The monoisotopic (exact) mass is 319 g/mol. The number of hydrogen-bond donors (Lipinski definition) is 2. The number of hydrogen-bond acceptors (Lipinski definition) is 4. The zero-order valence-electron chi connectivity index (χ0n) is 14.5. The molecule has 2 rings (SSSR count). The molecule has 1 aliphatic carbocycles. The predicted octanol–water partition coefficient (Wildman–Crippen LogP) is 2.66. The van der Waals surface area contributed by atoms with Crippen molar-refractivity contribution in [2.75, 3.05) is 33.5 Å². The van der Waals surface area contributed by atoms with E-state index in [1.165, 1.54) is 32.1 Å². The molecule has 1 aliphatic rings. The Kier molecular flexibility index (Phi) is 5.88. The van der Waals surface area contributed by atoms with Gasteiger partial charge in [-0.2, -0.15) is 0 Å². The SMILES string of the molecule is COc1cc(N)ccc1C(=O)NCCC1(N(C)C)CCCCC1. The van der Waals surface area contributed by atoms with Crippen molar-refractivity contribution in [3.05, 3.63) is 23.8 Å². The van der Waals surface area contributed by atoms with Crippen molar-refractivity contribution >= 4 is 11.6 Å². The van der Waals surface area contributed by atoms with Crippen LogP contribution in [0.25, 0.3) is 0 Å². The highest BCUT2D eigenvalue weighted by Crippen LogP contribution is 2.34. The summed E-state index contributed by atoms with van der Waals surface area (Å²) < 4.78 is 5.25. The van der Waals surface area contributed by atoms with Crippen LogP contribution in [-0.4, -0.2) is 44.1 Å². The van der Waals surface area contributed by atoms with E-state index in [2.05, 4.69) is 24.3 Å². The second-order valence-electron chi connectivity index (χ2n) is 6.65. The van der Waals surface area contributed by atoms with Gasteiger partial charge in [-0.25, -0.2) is 0 Å². The topological polar surface area (TPSA) is 67.6 Å². The third-order valence-electron chi connectivity index (χ3n) is 5.08. The van der Waals surface area contributed by atoms with Crippen LogP contribution in [0.15, 0.2) is 18.2 Å². The summed E-state index contributed by atoms with van der Waals surface area (Å²) in [6.45, 7) is 0.671. The lowest BCUT2D eigenvalue weighted by atomic mass is 9.78. The van der Waals surface area contributed by atoms with E-state index in [0.717, 1.165) is 6.42 Å². The van der Waals surface area contributed by atoms with Gasteiger partial charge in [0, 0.05) is 23.8 Å². The number of amides is 1. The molecule has 1 amide bonds. The first-order valence-corrected chi connectivity index (χ1v) is 8.38. The van der Waals surface area contributed by atoms with Crippen LogP contribution < -0.4 is 15.8 Å². The van der Waals surface area contributed by atoms with Crippen LogP contribution in [0.4, 0.5) is 5.69 Å². The number of methoxy groups -OCH3 is 1. The average Bonchev–Trinajstić information content (AvgIpc) is 2.55. The summed E-state index contributed by atoms with van der Waals surface area (Å²) >= 11 is 0. The van der Waals surface area contributed by atoms with Gasteiger partial charge in [0.25, 0.3) is 5.91 Å². The Morgan fingerprint density at radius 3 is 2.61 bits per heavy atom. The third kappa shape index (κ3) is 4.16. The standard InChI is InChI=1S/C18H29N3O2/c1-21(2)18(9-5-4-6-10-18)11-12-20-17(22)15-8-7-14(19)13-16(15)23-3/h7-8,13H,4-6,9-12,19H2,1-3H3,(H,20,22). The van der Waals surface area contributed by atoms with E-state index in [1.807, 2.05) is 0 Å². The minimum Gasteiger partial charge on any atom is -0.496 e. The largest absolute Gasteiger partial charge is 0.496 e. The summed E-state index contributed by atoms with van der Waals surface area (Å²) in [6, 6.07) is 5.11. The number of carbonyl (C=O) groups excluding carboxylic acids is 1. The van der Waals surface area contributed by atoms with Gasteiger partial charge in [0.15, 0.2) is 0 Å². The highest BCUT2D eigenvalue weighted by molar-refractivity contribution is 5.97. The Labute approximate surface area is 139 Å². The van der Waals surface area contributed by atoms with Crippen LogP contribution in [0.5, 0.6) is 5.75 Å². The number of nitrogens with one attached hydrogen (secondary N) is 1. The molecule has 5 heteroatoms. The fraction of sp³-hybridized carbons (Fsp3) is 0.611. The van der Waals surface area contributed by atoms with E-state index in [4.69, 9.17) is 10.5 Å². The molecule has 0 atom stereocenters. The molecule has 1 aromatic rings. The Morgan fingerprint density at radius 2 is 2.00 bits per heavy atom. The molecule has 23 heavy (non-hydrogen) atoms. The van der Waals surface area contributed by atoms with Gasteiger partial charge in [-0.15, -0.1) is 0 Å². The van der Waals surface area contributed by atoms with Crippen LogP contribution in [0.1, 0.15) is 48.9 Å². The third-order valence-corrected chi connectivity index (χ3v) is 5.08. The highest BCUT2D eigenvalue weighted by atomic mass is 16.5. The van der Waals surface area contributed by atoms with E-state index in [1.54, 1.807) is 25.3 Å². The molecular formula is C18H29N3O2. The summed E-state index contributed by atoms with van der Waals surface area (Å²) in [5.74, 6) is 0.411. The van der Waals surface area contributed by atoms with Gasteiger partial charge in [-0.05, 0) is 45.5 Å². The molecule has 0 heterocycles. The minimum atomic E-state index is -0.105. The van der Waals surface area contributed by atoms with Gasteiger partial charge in [0.05, 0.1) is 12.7 Å². The van der Waals surface area contributed by atoms with Gasteiger partial charge in [-0.1, -0.05) is 19.3 Å². The van der Waals surface area contributed by atoms with Crippen molar-refractivity contribution in [2.24, 2.45) is 0 Å². The maximum atomic E-state index is 12.4. The highest BCUT2D eigenvalue weighted by Gasteiger charge is 2.33. The lowest BCUT2D eigenvalue weighted by Crippen LogP contribution is -2.48. The van der Waals surface area contributed by atoms with Crippen LogP contribution in [0.3, 0.4) is 0 Å². The molecular weight excluding hydrogens is 290 g/mol. The molecule has 0 radical (unpaired) electrons. The zero-order valence-corrected chi connectivity index (χ0v) is 14.5. The number of benzene rings is 1. The van der Waals surface area contributed by atoms with Gasteiger partial charge in [0.2, 0.25) is 0 Å². The van der Waals surface area contributed by atoms with Crippen molar-refractivity contribution in [3.63, 3.8) is 0 Å². The van der Waals surface area contributed by atoms with Crippen LogP contribution in [-0.2, 0) is 0 Å². The summed E-state index contributed by atoms with van der Waals surface area (Å²) in [7, 11) is 5.85. The van der Waals surface area contributed by atoms with Crippen molar-refractivity contribution in [3.8, 4) is 5.75 Å². The predicted molar refractivity (Wildman–Crippen MR) is 93.9 cm³/mol. The summed E-state index contributed by atoms with van der Waals surface area (Å²) in [4.78, 5) is 14.7. The molecule has 0 aromatic heterocycles. The van der Waals surface area contributed by atoms with Gasteiger partial charge >= 0.3 is 0 Å². The van der Waals surface area contributed by atoms with Gasteiger partial charge in [0.1, 0.15) is 5.75 Å². The zero-order chi connectivity index (χ0) is 16.9. The molecule has 0 aliphatic heterocycles. The average molecular weight is 319 g/mol. The molecule has 0 unspecified atom stereocenters. The number of rotatable bonds is 6. The molecule has 0 spiro atoms. The maximum Gasteiger partial charge on any atom is 0.255 e. The normalized spacial score (nSPS) is 17.0. The Morgan fingerprint density at radius 1 is 1.30 bits per heavy atom. The molecule has 0 saturated heterocycles. The summed E-state index contributed by atoms with van der Waals surface area (Å²) in [5, 5.41) is 3.03. The van der Waals surface area contributed by atoms with Crippen LogP contribution in [0.2, 0.25) is 0 Å². The number of nitrogen functional groups attached to an aromatic ring is 1. The number of nitrogens with zero attached hydrogens (tertiary/aromatic N) is 1. The Hall–Kier alpha value is -1.75. The lowest BCUT2D eigenvalue weighted by molar-refractivity contribution is 0.0834. The second-order valence-corrected chi connectivity index (χ2v) is 6.65. The first-order chi connectivity index (χ1) is 11.0. The first kappa shape index (κ1) is 17.6. The van der Waals surface area contributed by atoms with Crippen molar-refractivity contribution in [1.29, 1.82) is 0 Å². The number of anilines is 1. The van der Waals surface area contributed by atoms with Gasteiger partial charge < -0.3 is 20.7 Å². The molecule has 128 valence electrons. The maximum absolute atomic E-state index is 12.4. The fourth-order valence-electron chi connectivity index (χ4n) is 3.53. The molecule has 5 nitrogen and oxygen atoms in total. The molecule has 1 saturated carbocycles. The fourth-order valence-corrected chi connectivity index (χ4v) is 3.53. The van der Waals surface area contributed by atoms with Crippen LogP contribution >= 0.6 is 0 Å². The smallest absolute Gasteiger partial charge is 0.255 e. The minimum absolute atomic E-state index is 0.105. The number of ether oxygens (including phenoxy) is 1. The van der Waals surface area contributed by atoms with Crippen molar-refractivity contribution < 1.29 is 9.53 Å². The van der Waals surface area contributed by atoms with Gasteiger partial charge in [-0.3, -0.25) is 4.79 Å². The molecule has 1 aromatic carbocycles. The summed E-state index contributed by atoms with van der Waals surface area (Å²) in [5.41, 5.74) is 7.07. The van der Waals surface area contributed by atoms with E-state index < -0.39 is 0 Å². The van der Waals surface area contributed by atoms with E-state index >= 15 is 0 Å². The second kappa shape index (κ2) is 7.68.